The van der Waals surface area contributed by atoms with Crippen molar-refractivity contribution in [2.75, 3.05) is 20.1 Å². The Morgan fingerprint density at radius 2 is 1.64 bits per heavy atom. The van der Waals surface area contributed by atoms with E-state index in [0.29, 0.717) is 47.9 Å². The van der Waals surface area contributed by atoms with Crippen LogP contribution in [0.5, 0.6) is 5.75 Å². The van der Waals surface area contributed by atoms with Gasteiger partial charge in [0, 0.05) is 31.1 Å². The van der Waals surface area contributed by atoms with Crippen molar-refractivity contribution in [2.45, 2.75) is 154 Å². The van der Waals surface area contributed by atoms with Gasteiger partial charge in [0.1, 0.15) is 29.9 Å². The van der Waals surface area contributed by atoms with Crippen LogP contribution in [0.15, 0.2) is 84.5 Å². The number of allylic oxidation sites excluding steroid dienone is 1. The normalized spacial score (nSPS) is 25.6. The molecule has 3 unspecified atom stereocenters. The highest BCUT2D eigenvalue weighted by Crippen LogP contribution is 2.61. The Morgan fingerprint density at radius 3 is 2.32 bits per heavy atom. The number of fused-ring (bicyclic) bond motifs is 4. The lowest BCUT2D eigenvalue weighted by Crippen LogP contribution is -2.59. The van der Waals surface area contributed by atoms with Crippen molar-refractivity contribution in [2.24, 2.45) is 28.9 Å². The van der Waals surface area contributed by atoms with Crippen LogP contribution in [-0.4, -0.2) is 120 Å². The topological polar surface area (TPSA) is 251 Å². The highest BCUT2D eigenvalue weighted by atomic mass is 16.7. The fraction of sp³-hybridized carbons (Fsp3) is 0.525. The third kappa shape index (κ3) is 12.8. The van der Waals surface area contributed by atoms with E-state index in [4.69, 9.17) is 15.0 Å². The minimum Gasteiger partial charge on any atom is -0.507 e. The Hall–Kier alpha value is -6.34. The van der Waals surface area contributed by atoms with E-state index in [1.807, 2.05) is 12.1 Å². The Bertz CT molecular complexity index is 2730. The average Bonchev–Trinajstić information content (AvgIpc) is 3.94. The number of unbranched alkanes of at least 4 members (excludes halogenated alkanes) is 2. The number of carbonyl (C=O) groups excluding carboxylic acids is 6. The van der Waals surface area contributed by atoms with Crippen LogP contribution in [0.3, 0.4) is 0 Å². The molecular weight excluding hydrogens is 977 g/mol. The summed E-state index contributed by atoms with van der Waals surface area (Å²) in [6, 6.07) is 15.1. The number of aromatic hydroxyl groups is 1. The lowest BCUT2D eigenvalue weighted by molar-refractivity contribution is -0.150. The van der Waals surface area contributed by atoms with Gasteiger partial charge in [-0.05, 0) is 147 Å². The summed E-state index contributed by atoms with van der Waals surface area (Å²) in [5.41, 5.74) is 11.1. The van der Waals surface area contributed by atoms with Gasteiger partial charge in [-0.2, -0.15) is 0 Å². The molecule has 77 heavy (non-hydrogen) atoms. The number of hydrogen-bond donors (Lipinski definition) is 8. The highest BCUT2D eigenvalue weighted by Gasteiger charge is 2.62. The lowest BCUT2D eigenvalue weighted by atomic mass is 9.47. The largest absolute Gasteiger partial charge is 0.507 e. The zero-order valence-electron chi connectivity index (χ0n) is 45.6. The Balaban J connectivity index is 0.963. The maximum absolute atomic E-state index is 14.8. The van der Waals surface area contributed by atoms with Gasteiger partial charge in [-0.25, -0.2) is 0 Å². The molecule has 9 rings (SSSR count). The summed E-state index contributed by atoms with van der Waals surface area (Å²) in [6.07, 6.45) is 8.83. The summed E-state index contributed by atoms with van der Waals surface area (Å²) < 4.78 is 12.8. The molecule has 2 heterocycles. The van der Waals surface area contributed by atoms with Gasteiger partial charge in [-0.15, -0.1) is 0 Å². The van der Waals surface area contributed by atoms with Gasteiger partial charge in [-0.3, -0.25) is 28.8 Å². The summed E-state index contributed by atoms with van der Waals surface area (Å²) in [4.78, 5) is 86.2. The van der Waals surface area contributed by atoms with Gasteiger partial charge in [0.15, 0.2) is 0 Å². The molecule has 3 aromatic carbocycles. The van der Waals surface area contributed by atoms with Crippen molar-refractivity contribution < 1.29 is 48.3 Å². The minimum absolute atomic E-state index is 0.0161. The molecular formula is C59H78BN7O10. The van der Waals surface area contributed by atoms with E-state index in [9.17, 15) is 39.0 Å². The van der Waals surface area contributed by atoms with Crippen LogP contribution in [0, 0.1) is 23.2 Å². The fourth-order valence-corrected chi connectivity index (χ4v) is 11.7. The number of amides is 6. The number of carbonyl (C=O) groups is 6. The molecule has 3 saturated carbocycles. The molecule has 9 N–H and O–H groups in total. The van der Waals surface area contributed by atoms with Crippen LogP contribution in [-0.2, 0) is 39.7 Å². The molecule has 0 aromatic heterocycles. The van der Waals surface area contributed by atoms with Crippen LogP contribution in [0.1, 0.15) is 132 Å². The van der Waals surface area contributed by atoms with E-state index in [1.165, 1.54) is 42.6 Å². The van der Waals surface area contributed by atoms with Crippen LogP contribution in [0.4, 0.5) is 0 Å². The zero-order valence-corrected chi connectivity index (χ0v) is 45.6. The molecule has 0 spiro atoms. The lowest BCUT2D eigenvalue weighted by Gasteiger charge is -2.60. The number of aryl methyl sites for hydroxylation is 1. The summed E-state index contributed by atoms with van der Waals surface area (Å²) in [7, 11) is 0.725. The smallest absolute Gasteiger partial charge is 0.481 e. The van der Waals surface area contributed by atoms with Gasteiger partial charge >= 0.3 is 7.12 Å². The van der Waals surface area contributed by atoms with Crippen molar-refractivity contribution in [1.82, 2.24) is 31.5 Å². The van der Waals surface area contributed by atoms with E-state index in [-0.39, 0.29) is 66.2 Å². The molecule has 11 atom stereocenters. The van der Waals surface area contributed by atoms with Gasteiger partial charge in [0.05, 0.1) is 30.2 Å². The Morgan fingerprint density at radius 1 is 0.922 bits per heavy atom. The summed E-state index contributed by atoms with van der Waals surface area (Å²) in [5.74, 6) is -4.07. The molecule has 3 aromatic rings. The second-order valence-corrected chi connectivity index (χ2v) is 22.6. The second kappa shape index (κ2) is 24.6. The third-order valence-electron chi connectivity index (χ3n) is 16.8. The van der Waals surface area contributed by atoms with Crippen molar-refractivity contribution >= 4 is 48.1 Å². The first kappa shape index (κ1) is 56.9. The van der Waals surface area contributed by atoms with Gasteiger partial charge in [-0.1, -0.05) is 88.7 Å². The van der Waals surface area contributed by atoms with Gasteiger partial charge in [0.25, 0.3) is 5.91 Å². The van der Waals surface area contributed by atoms with Gasteiger partial charge in [0.2, 0.25) is 29.5 Å². The molecule has 4 aliphatic carbocycles. The third-order valence-corrected chi connectivity index (χ3v) is 16.8. The zero-order chi connectivity index (χ0) is 55.3. The van der Waals surface area contributed by atoms with Crippen LogP contribution >= 0.6 is 0 Å². The highest BCUT2D eigenvalue weighted by molar-refractivity contribution is 6.47. The van der Waals surface area contributed by atoms with E-state index in [1.54, 1.807) is 38.1 Å². The minimum atomic E-state index is -1.43. The molecule has 412 valence electrons. The molecule has 6 bridgehead atoms. The van der Waals surface area contributed by atoms with E-state index >= 15 is 0 Å². The van der Waals surface area contributed by atoms with Crippen LogP contribution in [0.2, 0.25) is 0 Å². The van der Waals surface area contributed by atoms with Crippen molar-refractivity contribution in [3.8, 4) is 16.9 Å². The molecule has 1 saturated heterocycles. The Kier molecular flexibility index (Phi) is 18.1. The number of nitrogens with one attached hydrogen (secondary N) is 5. The first-order valence-corrected chi connectivity index (χ1v) is 27.7. The summed E-state index contributed by atoms with van der Waals surface area (Å²) in [6.45, 7) is 11.9. The quantitative estimate of drug-likeness (QED) is 0.0589. The molecule has 17 nitrogen and oxygen atoms in total. The molecule has 18 heteroatoms. The SMILES string of the molecule is CCCCc1ccc(-c2ccc(C(=O)NC[C@@H](C)C(=O)N[C@@H](CCCCN)C(=O)N(C)[C@@H]3C(=O)N[C@@H](C)C(=O)N[C@H](C(=O)N[C@@H](C)B4OC5C[C@@H]6C[C@H](C5O4)C6(C)C)CC4=CCC(O)C(=C4)c4cc3ccc4O)cc2)cc1. The first-order valence-electron chi connectivity index (χ1n) is 27.7. The van der Waals surface area contributed by atoms with E-state index < -0.39 is 78.8 Å². The maximum Gasteiger partial charge on any atom is 0.481 e. The molecule has 6 aliphatic rings. The number of aliphatic hydroxyl groups excluding tert-OH is 1. The number of hydrogen-bond acceptors (Lipinski definition) is 11. The maximum atomic E-state index is 14.8. The average molecular weight is 1060 g/mol. The summed E-state index contributed by atoms with van der Waals surface area (Å²) in [5, 5.41) is 37.1. The number of benzene rings is 3. The molecule has 4 fully saturated rings. The second-order valence-electron chi connectivity index (χ2n) is 22.6. The predicted octanol–water partition coefficient (Wildman–Crippen LogP) is 5.43. The monoisotopic (exact) mass is 1060 g/mol. The first-order chi connectivity index (χ1) is 36.8. The molecule has 6 amide bonds. The van der Waals surface area contributed by atoms with Gasteiger partial charge < -0.3 is 56.7 Å². The number of nitrogens with zero attached hydrogens (tertiary/aromatic N) is 1. The number of phenolic OH excluding ortho intramolecular Hbond substituents is 1. The summed E-state index contributed by atoms with van der Waals surface area (Å²) >= 11 is 0. The van der Waals surface area contributed by atoms with Crippen molar-refractivity contribution in [3.63, 3.8) is 0 Å². The predicted molar refractivity (Wildman–Crippen MR) is 294 cm³/mol. The standard InChI is InChI=1S/C59H78BN7O10/c1-8-9-12-36-14-17-38(18-15-36)39-19-21-40(22-20-39)55(72)62-32-33(2)53(70)65-46(13-10-11-26-61)58(75)67(7)51-41-23-25-49(69)44(29-41)43-27-37(16-24-48(43)68)28-47(66-54(71)34(3)63-57(51)74)56(73)64-35(4)60-76-50-31-42-30-45(52(50)77-60)59(42,5)6/h14-23,25,27,29,33-35,42,45-48,50-52,68-69H,8-13,24,26,28,30-32,61H2,1-7H3,(H,62,72)(H,63,74)(H,64,73)(H,65,70)(H,66,71)/t33-,34+,35+,42+,45-,46+,47+,48?,50?,51+,52?/m1/s1. The van der Waals surface area contributed by atoms with Crippen LogP contribution in [0.25, 0.3) is 16.7 Å². The molecule has 2 aliphatic heterocycles. The fourth-order valence-electron chi connectivity index (χ4n) is 11.7. The Labute approximate surface area is 453 Å². The van der Waals surface area contributed by atoms with Crippen LogP contribution < -0.4 is 32.3 Å². The number of aliphatic hydroxyl groups is 1. The number of nitrogens with two attached hydrogens (primary N) is 1. The van der Waals surface area contributed by atoms with E-state index in [0.717, 1.165) is 43.2 Å². The number of phenols is 1. The van der Waals surface area contributed by atoms with Crippen molar-refractivity contribution in [3.05, 3.63) is 107 Å². The number of rotatable bonds is 18. The number of likely N-dealkylation sites (N-methyl/N-ethyl adjacent to an activating group) is 1. The van der Waals surface area contributed by atoms with E-state index in [2.05, 4.69) is 71.6 Å². The molecule has 0 radical (unpaired) electrons. The van der Waals surface area contributed by atoms with Crippen molar-refractivity contribution in [1.29, 1.82) is 0 Å².